The van der Waals surface area contributed by atoms with Crippen LogP contribution in [0.15, 0.2) is 34.1 Å². The van der Waals surface area contributed by atoms with Crippen LogP contribution in [0.3, 0.4) is 0 Å². The number of nitrogens with one attached hydrogen (secondary N) is 1. The van der Waals surface area contributed by atoms with Crippen LogP contribution in [0.5, 0.6) is 0 Å². The van der Waals surface area contributed by atoms with Crippen molar-refractivity contribution in [2.24, 2.45) is 7.05 Å². The van der Waals surface area contributed by atoms with Gasteiger partial charge in [-0.3, -0.25) is 9.59 Å². The van der Waals surface area contributed by atoms with Gasteiger partial charge in [-0.15, -0.1) is 0 Å². The van der Waals surface area contributed by atoms with Crippen LogP contribution in [0.1, 0.15) is 23.2 Å². The van der Waals surface area contributed by atoms with Crippen LogP contribution in [-0.2, 0) is 17.6 Å². The molecular weight excluding hydrogens is 294 g/mol. The molecule has 0 aliphatic carbocycles. The van der Waals surface area contributed by atoms with E-state index in [0.717, 1.165) is 5.16 Å². The van der Waals surface area contributed by atoms with Gasteiger partial charge in [0.25, 0.3) is 5.91 Å². The Kier molecular flexibility index (Phi) is 4.69. The zero-order chi connectivity index (χ0) is 15.4. The summed E-state index contributed by atoms with van der Waals surface area (Å²) < 4.78 is 7.29. The molecule has 0 radical (unpaired) electrons. The Labute approximate surface area is 125 Å². The van der Waals surface area contributed by atoms with Gasteiger partial charge in [0.2, 0.25) is 0 Å². The van der Waals surface area contributed by atoms with E-state index in [4.69, 9.17) is 9.52 Å². The highest BCUT2D eigenvalue weighted by Gasteiger charge is 2.18. The number of thioether (sulfide) groups is 1. The smallest absolute Gasteiger partial charge is 0.325 e. The minimum Gasteiger partial charge on any atom is -0.480 e. The minimum absolute atomic E-state index is 0.0959. The Hall–Kier alpha value is -2.22. The maximum absolute atomic E-state index is 11.8. The van der Waals surface area contributed by atoms with E-state index in [2.05, 4.69) is 10.3 Å². The first-order valence-electron chi connectivity index (χ1n) is 6.20. The lowest BCUT2D eigenvalue weighted by Gasteiger charge is -2.06. The highest BCUT2D eigenvalue weighted by Crippen LogP contribution is 2.21. The molecule has 1 amide bonds. The number of imidazole rings is 1. The average Bonchev–Trinajstić information content (AvgIpc) is 3.05. The van der Waals surface area contributed by atoms with E-state index in [-0.39, 0.29) is 5.76 Å². The summed E-state index contributed by atoms with van der Waals surface area (Å²) in [5.74, 6) is -0.389. The molecule has 7 nitrogen and oxygen atoms in total. The van der Waals surface area contributed by atoms with Gasteiger partial charge in [0.05, 0.1) is 5.75 Å². The second kappa shape index (κ2) is 6.49. The lowest BCUT2D eigenvalue weighted by atomic mass is 10.3. The van der Waals surface area contributed by atoms with Crippen molar-refractivity contribution in [1.82, 2.24) is 14.9 Å². The summed E-state index contributed by atoms with van der Waals surface area (Å²) in [6.45, 7) is 1.39. The third-order valence-corrected chi connectivity index (χ3v) is 3.80. The van der Waals surface area contributed by atoms with Crippen LogP contribution in [-0.4, -0.2) is 32.6 Å². The van der Waals surface area contributed by atoms with Crippen molar-refractivity contribution in [2.75, 3.05) is 0 Å². The molecular formula is C13H15N3O4S. The molecule has 2 aromatic heterocycles. The first kappa shape index (κ1) is 15.2. The van der Waals surface area contributed by atoms with Gasteiger partial charge in [0.15, 0.2) is 10.9 Å². The molecule has 8 heteroatoms. The number of hydrogen-bond donors (Lipinski definition) is 2. The Morgan fingerprint density at radius 1 is 1.52 bits per heavy atom. The van der Waals surface area contributed by atoms with Crippen molar-refractivity contribution in [2.45, 2.75) is 23.9 Å². The molecule has 1 atom stereocenters. The number of rotatable bonds is 6. The second-order valence-electron chi connectivity index (χ2n) is 4.41. The van der Waals surface area contributed by atoms with Crippen LogP contribution in [0.25, 0.3) is 0 Å². The van der Waals surface area contributed by atoms with Crippen LogP contribution < -0.4 is 5.32 Å². The van der Waals surface area contributed by atoms with Crippen molar-refractivity contribution < 1.29 is 19.1 Å². The van der Waals surface area contributed by atoms with Crippen LogP contribution >= 0.6 is 11.8 Å². The number of amides is 1. The summed E-state index contributed by atoms with van der Waals surface area (Å²) in [5, 5.41) is 11.9. The molecule has 2 aromatic rings. The summed E-state index contributed by atoms with van der Waals surface area (Å²) in [7, 11) is 1.89. The normalized spacial score (nSPS) is 12.1. The van der Waals surface area contributed by atoms with Crippen molar-refractivity contribution >= 4 is 23.6 Å². The van der Waals surface area contributed by atoms with E-state index >= 15 is 0 Å². The standard InChI is InChI=1S/C13H15N3O4S/c1-8(12(18)19)15-11(17)10-4-3-9(20-10)7-21-13-14-5-6-16(13)2/h3-6,8H,7H2,1-2H3,(H,15,17)(H,18,19)/t8-/m1/s1. The summed E-state index contributed by atoms with van der Waals surface area (Å²) in [6, 6.07) is 2.25. The number of aliphatic carboxylic acids is 1. The molecule has 0 bridgehead atoms. The molecule has 2 rings (SSSR count). The number of aryl methyl sites for hydroxylation is 1. The second-order valence-corrected chi connectivity index (χ2v) is 5.35. The number of carbonyl (C=O) groups is 2. The zero-order valence-electron chi connectivity index (χ0n) is 11.6. The number of carboxylic acid groups (broad SMARTS) is 1. The summed E-state index contributed by atoms with van der Waals surface area (Å²) in [4.78, 5) is 26.6. The number of nitrogens with zero attached hydrogens (tertiary/aromatic N) is 2. The van der Waals surface area contributed by atoms with Crippen LogP contribution in [0.4, 0.5) is 0 Å². The Bertz CT molecular complexity index is 649. The largest absolute Gasteiger partial charge is 0.480 e. The Morgan fingerprint density at radius 2 is 2.29 bits per heavy atom. The monoisotopic (exact) mass is 309 g/mol. The van der Waals surface area contributed by atoms with E-state index in [0.29, 0.717) is 11.5 Å². The van der Waals surface area contributed by atoms with Gasteiger partial charge in [0, 0.05) is 19.4 Å². The molecule has 0 spiro atoms. The van der Waals surface area contributed by atoms with Crippen molar-refractivity contribution in [3.05, 3.63) is 36.0 Å². The topological polar surface area (TPSA) is 97.4 Å². The van der Waals surface area contributed by atoms with Gasteiger partial charge in [-0.1, -0.05) is 11.8 Å². The molecule has 2 N–H and O–H groups in total. The molecule has 112 valence electrons. The van der Waals surface area contributed by atoms with Crippen molar-refractivity contribution in [1.29, 1.82) is 0 Å². The van der Waals surface area contributed by atoms with Gasteiger partial charge in [-0.25, -0.2) is 4.98 Å². The molecule has 0 saturated heterocycles. The Morgan fingerprint density at radius 3 is 2.90 bits per heavy atom. The number of carboxylic acids is 1. The van der Waals surface area contributed by atoms with Crippen molar-refractivity contribution in [3.63, 3.8) is 0 Å². The lowest BCUT2D eigenvalue weighted by molar-refractivity contribution is -0.138. The van der Waals surface area contributed by atoms with Gasteiger partial charge >= 0.3 is 5.97 Å². The summed E-state index contributed by atoms with van der Waals surface area (Å²) in [5.41, 5.74) is 0. The van der Waals surface area contributed by atoms with Gasteiger partial charge in [-0.05, 0) is 19.1 Å². The molecule has 0 aromatic carbocycles. The first-order chi connectivity index (χ1) is 9.97. The third kappa shape index (κ3) is 3.88. The van der Waals surface area contributed by atoms with E-state index in [9.17, 15) is 9.59 Å². The number of furan rings is 1. The fraction of sp³-hybridized carbons (Fsp3) is 0.308. The fourth-order valence-electron chi connectivity index (χ4n) is 1.53. The van der Waals surface area contributed by atoms with Crippen molar-refractivity contribution in [3.8, 4) is 0 Å². The maximum atomic E-state index is 11.8. The zero-order valence-corrected chi connectivity index (χ0v) is 12.4. The average molecular weight is 309 g/mol. The molecule has 0 fully saturated rings. The Balaban J connectivity index is 1.93. The van der Waals surface area contributed by atoms with E-state index in [1.807, 2.05) is 17.8 Å². The predicted octanol–water partition coefficient (Wildman–Crippen LogP) is 1.51. The highest BCUT2D eigenvalue weighted by molar-refractivity contribution is 7.98. The van der Waals surface area contributed by atoms with E-state index < -0.39 is 17.9 Å². The quantitative estimate of drug-likeness (QED) is 0.785. The van der Waals surface area contributed by atoms with Gasteiger partial charge < -0.3 is 19.4 Å². The summed E-state index contributed by atoms with van der Waals surface area (Å²) in [6.07, 6.45) is 3.55. The van der Waals surface area contributed by atoms with Gasteiger partial charge in [0.1, 0.15) is 11.8 Å². The summed E-state index contributed by atoms with van der Waals surface area (Å²) >= 11 is 1.48. The minimum atomic E-state index is -1.10. The maximum Gasteiger partial charge on any atom is 0.325 e. The van der Waals surface area contributed by atoms with E-state index in [1.54, 1.807) is 12.3 Å². The lowest BCUT2D eigenvalue weighted by Crippen LogP contribution is -2.38. The third-order valence-electron chi connectivity index (χ3n) is 2.72. The fourth-order valence-corrected chi connectivity index (χ4v) is 2.36. The van der Waals surface area contributed by atoms with E-state index in [1.165, 1.54) is 24.8 Å². The predicted molar refractivity (Wildman–Crippen MR) is 76.0 cm³/mol. The number of hydrogen-bond acceptors (Lipinski definition) is 5. The molecule has 0 aliphatic rings. The number of aromatic nitrogens is 2. The SMILES string of the molecule is C[C@@H](NC(=O)c1ccc(CSc2nccn2C)o1)C(=O)O. The number of carbonyl (C=O) groups excluding carboxylic acids is 1. The first-order valence-corrected chi connectivity index (χ1v) is 7.18. The molecule has 21 heavy (non-hydrogen) atoms. The molecule has 0 aliphatic heterocycles. The molecule has 2 heterocycles. The van der Waals surface area contributed by atoms with Crippen LogP contribution in [0, 0.1) is 0 Å². The molecule has 0 saturated carbocycles. The molecule has 0 unspecified atom stereocenters. The van der Waals surface area contributed by atoms with Gasteiger partial charge in [-0.2, -0.15) is 0 Å². The van der Waals surface area contributed by atoms with Crippen LogP contribution in [0.2, 0.25) is 0 Å². The highest BCUT2D eigenvalue weighted by atomic mass is 32.2.